The highest BCUT2D eigenvalue weighted by molar-refractivity contribution is 5.85. The van der Waals surface area contributed by atoms with E-state index in [9.17, 15) is 9.18 Å². The van der Waals surface area contributed by atoms with Crippen molar-refractivity contribution in [3.63, 3.8) is 0 Å². The van der Waals surface area contributed by atoms with Crippen molar-refractivity contribution in [1.29, 1.82) is 0 Å². The number of carbonyl (C=O) groups is 1. The van der Waals surface area contributed by atoms with Crippen molar-refractivity contribution in [2.45, 2.75) is 20.3 Å². The minimum absolute atomic E-state index is 0. The van der Waals surface area contributed by atoms with Crippen molar-refractivity contribution in [3.8, 4) is 5.69 Å². The zero-order valence-electron chi connectivity index (χ0n) is 15.3. The van der Waals surface area contributed by atoms with Gasteiger partial charge in [-0.3, -0.25) is 4.79 Å². The Balaban J connectivity index is 0.00000338. The first-order chi connectivity index (χ1) is 12.0. The van der Waals surface area contributed by atoms with E-state index in [1.165, 1.54) is 12.1 Å². The summed E-state index contributed by atoms with van der Waals surface area (Å²) in [4.78, 5) is 12.1. The number of aryl methyl sites for hydroxylation is 1. The third-order valence-electron chi connectivity index (χ3n) is 3.96. The lowest BCUT2D eigenvalue weighted by Crippen LogP contribution is -2.34. The molecular formula is C18H26ClFN4O2. The molecule has 2 rings (SSSR count). The number of benzene rings is 1. The Morgan fingerprint density at radius 1 is 1.19 bits per heavy atom. The van der Waals surface area contributed by atoms with E-state index in [1.54, 1.807) is 23.9 Å². The number of amides is 1. The lowest BCUT2D eigenvalue weighted by atomic mass is 10.1. The highest BCUT2D eigenvalue weighted by Gasteiger charge is 2.15. The summed E-state index contributed by atoms with van der Waals surface area (Å²) in [5, 5.41) is 10.5. The fourth-order valence-electron chi connectivity index (χ4n) is 2.58. The molecule has 0 radical (unpaired) electrons. The number of nitrogens with zero attached hydrogens (tertiary/aromatic N) is 2. The topological polar surface area (TPSA) is 68.2 Å². The van der Waals surface area contributed by atoms with Gasteiger partial charge >= 0.3 is 0 Å². The molecule has 0 bridgehead atoms. The third-order valence-corrected chi connectivity index (χ3v) is 3.96. The SMILES string of the molecule is COCCNCCNC(=O)Cc1c(C)nn(-c2ccc(F)cc2)c1C.Cl. The van der Waals surface area contributed by atoms with Crippen LogP contribution in [0.4, 0.5) is 4.39 Å². The van der Waals surface area contributed by atoms with Gasteiger partial charge in [0.2, 0.25) is 5.91 Å². The maximum Gasteiger partial charge on any atom is 0.224 e. The number of halogens is 2. The lowest BCUT2D eigenvalue weighted by molar-refractivity contribution is -0.120. The van der Waals surface area contributed by atoms with Crippen LogP contribution in [0.3, 0.4) is 0 Å². The molecule has 144 valence electrons. The number of rotatable bonds is 9. The predicted molar refractivity (Wildman–Crippen MR) is 102 cm³/mol. The van der Waals surface area contributed by atoms with Crippen LogP contribution in [0.25, 0.3) is 5.69 Å². The molecular weight excluding hydrogens is 359 g/mol. The zero-order valence-corrected chi connectivity index (χ0v) is 16.2. The van der Waals surface area contributed by atoms with Gasteiger partial charge in [0.1, 0.15) is 5.82 Å². The van der Waals surface area contributed by atoms with E-state index < -0.39 is 0 Å². The molecule has 0 atom stereocenters. The second-order valence-corrected chi connectivity index (χ2v) is 5.81. The molecule has 0 saturated carbocycles. The van der Waals surface area contributed by atoms with Gasteiger partial charge in [0.05, 0.1) is 24.4 Å². The first-order valence-corrected chi connectivity index (χ1v) is 8.30. The molecule has 1 heterocycles. The minimum atomic E-state index is -0.288. The van der Waals surface area contributed by atoms with Crippen molar-refractivity contribution >= 4 is 18.3 Å². The van der Waals surface area contributed by atoms with E-state index in [0.29, 0.717) is 19.7 Å². The summed E-state index contributed by atoms with van der Waals surface area (Å²) in [7, 11) is 1.65. The second-order valence-electron chi connectivity index (χ2n) is 5.81. The Kier molecular flexibility index (Phi) is 9.26. The highest BCUT2D eigenvalue weighted by Crippen LogP contribution is 2.18. The highest BCUT2D eigenvalue weighted by atomic mass is 35.5. The molecule has 0 aliphatic carbocycles. The van der Waals surface area contributed by atoms with Gasteiger partial charge in [-0.2, -0.15) is 5.10 Å². The molecule has 0 aliphatic rings. The van der Waals surface area contributed by atoms with Gasteiger partial charge in [-0.15, -0.1) is 12.4 Å². The van der Waals surface area contributed by atoms with E-state index in [0.717, 1.165) is 29.2 Å². The zero-order chi connectivity index (χ0) is 18.2. The molecule has 8 heteroatoms. The van der Waals surface area contributed by atoms with Gasteiger partial charge in [-0.25, -0.2) is 9.07 Å². The van der Waals surface area contributed by atoms with E-state index in [1.807, 2.05) is 13.8 Å². The van der Waals surface area contributed by atoms with E-state index in [4.69, 9.17) is 4.74 Å². The van der Waals surface area contributed by atoms with Gasteiger partial charge < -0.3 is 15.4 Å². The summed E-state index contributed by atoms with van der Waals surface area (Å²) in [6.07, 6.45) is 0.275. The summed E-state index contributed by atoms with van der Waals surface area (Å²) < 4.78 is 19.8. The fraction of sp³-hybridized carbons (Fsp3) is 0.444. The van der Waals surface area contributed by atoms with Crippen LogP contribution < -0.4 is 10.6 Å². The van der Waals surface area contributed by atoms with Gasteiger partial charge in [0.25, 0.3) is 0 Å². The van der Waals surface area contributed by atoms with Crippen molar-refractivity contribution in [3.05, 3.63) is 47.0 Å². The fourth-order valence-corrected chi connectivity index (χ4v) is 2.58. The van der Waals surface area contributed by atoms with Crippen LogP contribution in [-0.4, -0.2) is 49.0 Å². The number of nitrogens with one attached hydrogen (secondary N) is 2. The van der Waals surface area contributed by atoms with Crippen LogP contribution in [-0.2, 0) is 16.0 Å². The van der Waals surface area contributed by atoms with Gasteiger partial charge in [0, 0.05) is 38.0 Å². The molecule has 1 aromatic carbocycles. The Morgan fingerprint density at radius 3 is 2.54 bits per heavy atom. The molecule has 1 amide bonds. The maximum atomic E-state index is 13.1. The number of hydrogen-bond acceptors (Lipinski definition) is 4. The van der Waals surface area contributed by atoms with E-state index in [-0.39, 0.29) is 30.6 Å². The lowest BCUT2D eigenvalue weighted by Gasteiger charge is -2.08. The molecule has 0 saturated heterocycles. The van der Waals surface area contributed by atoms with Crippen LogP contribution in [0.5, 0.6) is 0 Å². The first kappa shape index (κ1) is 22.1. The van der Waals surface area contributed by atoms with Crippen molar-refractivity contribution in [2.75, 3.05) is 33.4 Å². The summed E-state index contributed by atoms with van der Waals surface area (Å²) in [5.74, 6) is -0.331. The Hall–Kier alpha value is -1.96. The molecule has 0 fully saturated rings. The Morgan fingerprint density at radius 2 is 1.88 bits per heavy atom. The van der Waals surface area contributed by atoms with Crippen LogP contribution in [0.2, 0.25) is 0 Å². The number of ether oxygens (including phenoxy) is 1. The van der Waals surface area contributed by atoms with Crippen molar-refractivity contribution in [2.24, 2.45) is 0 Å². The number of methoxy groups -OCH3 is 1. The first-order valence-electron chi connectivity index (χ1n) is 8.30. The van der Waals surface area contributed by atoms with Crippen LogP contribution in [0, 0.1) is 19.7 Å². The quantitative estimate of drug-likeness (QED) is 0.648. The molecule has 2 aromatic rings. The Bertz CT molecular complexity index is 704. The van der Waals surface area contributed by atoms with Crippen molar-refractivity contribution in [1.82, 2.24) is 20.4 Å². The molecule has 6 nitrogen and oxygen atoms in total. The number of aromatic nitrogens is 2. The second kappa shape index (κ2) is 10.9. The van der Waals surface area contributed by atoms with Crippen LogP contribution >= 0.6 is 12.4 Å². The summed E-state index contributed by atoms with van der Waals surface area (Å²) >= 11 is 0. The predicted octanol–water partition coefficient (Wildman–Crippen LogP) is 1.94. The third kappa shape index (κ3) is 6.09. The van der Waals surface area contributed by atoms with E-state index in [2.05, 4.69) is 15.7 Å². The molecule has 0 aliphatic heterocycles. The largest absolute Gasteiger partial charge is 0.383 e. The average molecular weight is 385 g/mol. The van der Waals surface area contributed by atoms with Gasteiger partial charge in [-0.05, 0) is 38.1 Å². The normalized spacial score (nSPS) is 10.5. The number of hydrogen-bond donors (Lipinski definition) is 2. The summed E-state index contributed by atoms with van der Waals surface area (Å²) in [6, 6.07) is 6.14. The molecule has 0 spiro atoms. The van der Waals surface area contributed by atoms with Crippen molar-refractivity contribution < 1.29 is 13.9 Å². The monoisotopic (exact) mass is 384 g/mol. The molecule has 0 unspecified atom stereocenters. The Labute approximate surface area is 159 Å². The minimum Gasteiger partial charge on any atom is -0.383 e. The average Bonchev–Trinajstić information content (AvgIpc) is 2.87. The maximum absolute atomic E-state index is 13.1. The molecule has 26 heavy (non-hydrogen) atoms. The number of carbonyl (C=O) groups excluding carboxylic acids is 1. The molecule has 2 N–H and O–H groups in total. The van der Waals surface area contributed by atoms with Crippen LogP contribution in [0.15, 0.2) is 24.3 Å². The van der Waals surface area contributed by atoms with Crippen LogP contribution in [0.1, 0.15) is 17.0 Å². The smallest absolute Gasteiger partial charge is 0.224 e. The standard InChI is InChI=1S/C18H25FN4O2.ClH/c1-13-17(12-18(24)21-9-8-20-10-11-25-3)14(2)23(22-13)16-6-4-15(19)5-7-16;/h4-7,20H,8-12H2,1-3H3,(H,21,24);1H. The summed E-state index contributed by atoms with van der Waals surface area (Å²) in [6.45, 7) is 6.46. The van der Waals surface area contributed by atoms with Gasteiger partial charge in [0.15, 0.2) is 0 Å². The van der Waals surface area contributed by atoms with Gasteiger partial charge in [-0.1, -0.05) is 0 Å². The summed E-state index contributed by atoms with van der Waals surface area (Å²) in [5.41, 5.74) is 3.36. The van der Waals surface area contributed by atoms with E-state index >= 15 is 0 Å². The molecule has 1 aromatic heterocycles.